The fourth-order valence-corrected chi connectivity index (χ4v) is 2.80. The first-order chi connectivity index (χ1) is 12.8. The molecule has 7 nitrogen and oxygen atoms in total. The van der Waals surface area contributed by atoms with Crippen LogP contribution in [0, 0.1) is 10.1 Å². The minimum absolute atomic E-state index is 0.105. The van der Waals surface area contributed by atoms with Gasteiger partial charge in [-0.05, 0) is 24.3 Å². The molecule has 1 aliphatic heterocycles. The van der Waals surface area contributed by atoms with Gasteiger partial charge in [-0.2, -0.15) is 13.2 Å². The van der Waals surface area contributed by atoms with Gasteiger partial charge in [0, 0.05) is 43.9 Å². The fraction of sp³-hybridized carbons (Fsp3) is 0.294. The average molecular weight is 380 g/mol. The van der Waals surface area contributed by atoms with Gasteiger partial charge in [-0.15, -0.1) is 0 Å². The summed E-state index contributed by atoms with van der Waals surface area (Å²) >= 11 is 0. The van der Waals surface area contributed by atoms with Crippen LogP contribution in [0.4, 0.5) is 24.7 Å². The molecule has 0 aliphatic carbocycles. The first kappa shape index (κ1) is 18.6. The number of hydrogen-bond acceptors (Lipinski definition) is 5. The van der Waals surface area contributed by atoms with Gasteiger partial charge in [-0.1, -0.05) is 6.07 Å². The van der Waals surface area contributed by atoms with Crippen molar-refractivity contribution in [1.82, 2.24) is 9.88 Å². The lowest BCUT2D eigenvalue weighted by Crippen LogP contribution is -2.49. The lowest BCUT2D eigenvalue weighted by molar-refractivity contribution is -0.384. The summed E-state index contributed by atoms with van der Waals surface area (Å²) in [5, 5.41) is 10.7. The summed E-state index contributed by atoms with van der Waals surface area (Å²) in [7, 11) is 0. The van der Waals surface area contributed by atoms with Crippen LogP contribution in [0.15, 0.2) is 42.5 Å². The zero-order valence-electron chi connectivity index (χ0n) is 14.0. The lowest BCUT2D eigenvalue weighted by Gasteiger charge is -2.35. The molecule has 0 spiro atoms. The summed E-state index contributed by atoms with van der Waals surface area (Å²) in [6.45, 7) is 1.31. The topological polar surface area (TPSA) is 79.6 Å². The van der Waals surface area contributed by atoms with Crippen LogP contribution in [0.2, 0.25) is 0 Å². The second-order valence-electron chi connectivity index (χ2n) is 5.96. The first-order valence-corrected chi connectivity index (χ1v) is 8.08. The molecule has 142 valence electrons. The third-order valence-electron chi connectivity index (χ3n) is 4.24. The Bertz CT molecular complexity index is 847. The number of benzene rings is 1. The molecule has 27 heavy (non-hydrogen) atoms. The van der Waals surface area contributed by atoms with Crippen molar-refractivity contribution in [2.75, 3.05) is 31.1 Å². The molecule has 0 radical (unpaired) electrons. The van der Waals surface area contributed by atoms with Crippen molar-refractivity contribution in [3.05, 3.63) is 63.8 Å². The molecule has 1 fully saturated rings. The highest BCUT2D eigenvalue weighted by molar-refractivity contribution is 5.94. The van der Waals surface area contributed by atoms with Crippen LogP contribution in [0.3, 0.4) is 0 Å². The van der Waals surface area contributed by atoms with Crippen molar-refractivity contribution in [2.24, 2.45) is 0 Å². The minimum Gasteiger partial charge on any atom is -0.353 e. The van der Waals surface area contributed by atoms with Crippen LogP contribution in [0.25, 0.3) is 0 Å². The van der Waals surface area contributed by atoms with E-state index in [0.29, 0.717) is 31.7 Å². The molecule has 1 amide bonds. The van der Waals surface area contributed by atoms with Gasteiger partial charge < -0.3 is 9.80 Å². The summed E-state index contributed by atoms with van der Waals surface area (Å²) in [6.07, 6.45) is -4.51. The van der Waals surface area contributed by atoms with Gasteiger partial charge in [-0.25, -0.2) is 4.98 Å². The average Bonchev–Trinajstić information content (AvgIpc) is 2.67. The molecular weight excluding hydrogens is 365 g/mol. The highest BCUT2D eigenvalue weighted by Gasteiger charge is 2.33. The van der Waals surface area contributed by atoms with Gasteiger partial charge >= 0.3 is 6.18 Å². The molecule has 10 heteroatoms. The number of aromatic nitrogens is 1. The van der Waals surface area contributed by atoms with Crippen LogP contribution in [-0.2, 0) is 6.18 Å². The fourth-order valence-electron chi connectivity index (χ4n) is 2.80. The summed E-state index contributed by atoms with van der Waals surface area (Å²) in [5.41, 5.74) is -0.734. The number of nitro groups is 1. The Morgan fingerprint density at radius 2 is 1.67 bits per heavy atom. The number of alkyl halides is 3. The molecule has 1 aromatic carbocycles. The van der Waals surface area contributed by atoms with Gasteiger partial charge in [-0.3, -0.25) is 14.9 Å². The zero-order valence-corrected chi connectivity index (χ0v) is 14.0. The number of carbonyl (C=O) groups is 1. The second kappa shape index (κ2) is 7.22. The van der Waals surface area contributed by atoms with E-state index in [9.17, 15) is 28.1 Å². The molecule has 3 rings (SSSR count). The molecule has 0 bridgehead atoms. The molecule has 1 saturated heterocycles. The van der Waals surface area contributed by atoms with E-state index in [1.165, 1.54) is 36.4 Å². The van der Waals surface area contributed by atoms with Crippen LogP contribution < -0.4 is 4.90 Å². The van der Waals surface area contributed by atoms with Gasteiger partial charge in [0.25, 0.3) is 11.6 Å². The van der Waals surface area contributed by atoms with Crippen LogP contribution in [0.1, 0.15) is 16.1 Å². The molecule has 0 saturated carbocycles. The van der Waals surface area contributed by atoms with Crippen LogP contribution >= 0.6 is 0 Å². The van der Waals surface area contributed by atoms with E-state index in [1.54, 1.807) is 9.80 Å². The number of nitrogens with zero attached hydrogens (tertiary/aromatic N) is 4. The lowest BCUT2D eigenvalue weighted by atomic mass is 10.1. The number of hydrogen-bond donors (Lipinski definition) is 0. The quantitative estimate of drug-likeness (QED) is 0.604. The highest BCUT2D eigenvalue weighted by atomic mass is 19.4. The summed E-state index contributed by atoms with van der Waals surface area (Å²) in [6, 6.07) is 9.02. The molecule has 0 atom stereocenters. The van der Waals surface area contributed by atoms with Gasteiger partial charge in [0.1, 0.15) is 11.5 Å². The maximum Gasteiger partial charge on any atom is 0.433 e. The van der Waals surface area contributed by atoms with Crippen molar-refractivity contribution in [2.45, 2.75) is 6.18 Å². The number of anilines is 1. The number of pyridine rings is 1. The molecule has 1 aliphatic rings. The number of non-ortho nitro benzene ring substituents is 1. The third-order valence-corrected chi connectivity index (χ3v) is 4.24. The van der Waals surface area contributed by atoms with Gasteiger partial charge in [0.05, 0.1) is 4.92 Å². The molecule has 1 aromatic heterocycles. The third kappa shape index (κ3) is 4.15. The number of carbonyl (C=O) groups excluding carboxylic acids is 1. The Morgan fingerprint density at radius 1 is 1.04 bits per heavy atom. The normalized spacial score (nSPS) is 14.9. The Labute approximate surface area is 152 Å². The maximum absolute atomic E-state index is 12.8. The van der Waals surface area contributed by atoms with E-state index < -0.39 is 16.8 Å². The predicted molar refractivity (Wildman–Crippen MR) is 90.5 cm³/mol. The Kier molecular flexibility index (Phi) is 4.98. The van der Waals surface area contributed by atoms with E-state index in [4.69, 9.17) is 0 Å². The summed E-state index contributed by atoms with van der Waals surface area (Å²) in [5.74, 6) is -0.0613. The van der Waals surface area contributed by atoms with Crippen LogP contribution in [0.5, 0.6) is 0 Å². The smallest absolute Gasteiger partial charge is 0.353 e. The van der Waals surface area contributed by atoms with Crippen molar-refractivity contribution >= 4 is 17.4 Å². The summed E-state index contributed by atoms with van der Waals surface area (Å²) in [4.78, 5) is 29.5. The van der Waals surface area contributed by atoms with Crippen molar-refractivity contribution in [1.29, 1.82) is 0 Å². The van der Waals surface area contributed by atoms with E-state index in [2.05, 4.69) is 4.98 Å². The number of nitro benzene ring substituents is 1. The molecule has 0 N–H and O–H groups in total. The monoisotopic (exact) mass is 380 g/mol. The minimum atomic E-state index is -4.51. The SMILES string of the molecule is O=C(c1ccc([N+](=O)[O-])cc1)N1CCN(c2cccc(C(F)(F)F)n2)CC1. The molecule has 2 heterocycles. The molecule has 2 aromatic rings. The number of halogens is 3. The van der Waals surface area contributed by atoms with E-state index in [1.807, 2.05) is 0 Å². The standard InChI is InChI=1S/C17H15F3N4O3/c18-17(19,20)14-2-1-3-15(21-14)22-8-10-23(11-9-22)16(25)12-4-6-13(7-5-12)24(26)27/h1-7H,8-11H2. The maximum atomic E-state index is 12.8. The van der Waals surface area contributed by atoms with E-state index >= 15 is 0 Å². The van der Waals surface area contributed by atoms with E-state index in [0.717, 1.165) is 6.07 Å². The highest BCUT2D eigenvalue weighted by Crippen LogP contribution is 2.29. The van der Waals surface area contributed by atoms with Gasteiger partial charge in [0.2, 0.25) is 0 Å². The summed E-state index contributed by atoms with van der Waals surface area (Å²) < 4.78 is 38.4. The second-order valence-corrected chi connectivity index (χ2v) is 5.96. The Morgan fingerprint density at radius 3 is 2.22 bits per heavy atom. The number of rotatable bonds is 3. The number of amides is 1. The predicted octanol–water partition coefficient (Wildman–Crippen LogP) is 2.97. The first-order valence-electron chi connectivity index (χ1n) is 8.08. The van der Waals surface area contributed by atoms with E-state index in [-0.39, 0.29) is 17.4 Å². The van der Waals surface area contributed by atoms with Crippen molar-refractivity contribution in [3.63, 3.8) is 0 Å². The zero-order chi connectivity index (χ0) is 19.6. The molecular formula is C17H15F3N4O3. The van der Waals surface area contributed by atoms with Crippen molar-refractivity contribution < 1.29 is 22.9 Å². The van der Waals surface area contributed by atoms with Gasteiger partial charge in [0.15, 0.2) is 0 Å². The Hall–Kier alpha value is -3.17. The largest absolute Gasteiger partial charge is 0.433 e. The number of piperazine rings is 1. The van der Waals surface area contributed by atoms with Crippen LogP contribution in [-0.4, -0.2) is 46.9 Å². The molecule has 0 unspecified atom stereocenters. The van der Waals surface area contributed by atoms with Crippen molar-refractivity contribution in [3.8, 4) is 0 Å². The Balaban J connectivity index is 1.65.